The molecule has 1 aromatic carbocycles. The summed E-state index contributed by atoms with van der Waals surface area (Å²) in [6.45, 7) is 6.72. The zero-order chi connectivity index (χ0) is 17.9. The van der Waals surface area contributed by atoms with E-state index in [4.69, 9.17) is 11.6 Å². The van der Waals surface area contributed by atoms with Gasteiger partial charge < -0.3 is 4.90 Å². The largest absolute Gasteiger partial charge is 0.375 e. The summed E-state index contributed by atoms with van der Waals surface area (Å²) in [6.07, 6.45) is 9.23. The molecule has 1 aromatic rings. The van der Waals surface area contributed by atoms with Crippen molar-refractivity contribution in [1.82, 2.24) is 15.8 Å². The van der Waals surface area contributed by atoms with Crippen molar-refractivity contribution in [2.45, 2.75) is 39.5 Å². The first kappa shape index (κ1) is 17.9. The van der Waals surface area contributed by atoms with Gasteiger partial charge >= 0.3 is 0 Å². The zero-order valence-corrected chi connectivity index (χ0v) is 15.7. The SMILES string of the molecule is CC1(C)C=C(NNC(=O)c2ccc(Cl)cc2)C=C(N2CCCCC2)C1. The number of likely N-dealkylation sites (tertiary alicyclic amines) is 1. The van der Waals surface area contributed by atoms with E-state index in [9.17, 15) is 4.79 Å². The van der Waals surface area contributed by atoms with Crippen LogP contribution >= 0.6 is 11.6 Å². The Bertz CT molecular complexity index is 685. The number of benzene rings is 1. The number of carbonyl (C=O) groups excluding carboxylic acids is 1. The molecule has 1 fully saturated rings. The highest BCUT2D eigenvalue weighted by Crippen LogP contribution is 2.34. The van der Waals surface area contributed by atoms with Crippen LogP contribution in [0.5, 0.6) is 0 Å². The van der Waals surface area contributed by atoms with Gasteiger partial charge in [-0.15, -0.1) is 0 Å². The van der Waals surface area contributed by atoms with Crippen molar-refractivity contribution in [2.75, 3.05) is 13.1 Å². The van der Waals surface area contributed by atoms with E-state index in [2.05, 4.69) is 41.8 Å². The second-order valence-corrected chi connectivity index (χ2v) is 7.97. The summed E-state index contributed by atoms with van der Waals surface area (Å²) >= 11 is 5.87. The first-order chi connectivity index (χ1) is 11.9. The fourth-order valence-electron chi connectivity index (χ4n) is 3.47. The number of piperidine rings is 1. The van der Waals surface area contributed by atoms with Crippen molar-refractivity contribution >= 4 is 17.5 Å². The molecule has 0 saturated carbocycles. The highest BCUT2D eigenvalue weighted by molar-refractivity contribution is 6.30. The van der Waals surface area contributed by atoms with E-state index >= 15 is 0 Å². The molecular formula is C20H26ClN3O. The molecule has 0 unspecified atom stereocenters. The number of rotatable bonds is 4. The number of amides is 1. The van der Waals surface area contributed by atoms with Crippen molar-refractivity contribution in [2.24, 2.45) is 5.41 Å². The number of nitrogens with one attached hydrogen (secondary N) is 2. The van der Waals surface area contributed by atoms with E-state index in [1.807, 2.05) is 0 Å². The Morgan fingerprint density at radius 3 is 2.48 bits per heavy atom. The number of hydrazine groups is 1. The van der Waals surface area contributed by atoms with Crippen molar-refractivity contribution < 1.29 is 4.79 Å². The standard InChI is InChI=1S/C20H26ClN3O/c1-20(2)13-17(12-18(14-20)24-10-4-3-5-11-24)22-23-19(25)15-6-8-16(21)9-7-15/h6-9,12-13,22H,3-5,10-11,14H2,1-2H3,(H,23,25). The van der Waals surface area contributed by atoms with E-state index in [0.29, 0.717) is 10.6 Å². The predicted molar refractivity (Wildman–Crippen MR) is 102 cm³/mol. The normalized spacial score (nSPS) is 19.7. The summed E-state index contributed by atoms with van der Waals surface area (Å²) in [7, 11) is 0. The molecule has 0 bridgehead atoms. The summed E-state index contributed by atoms with van der Waals surface area (Å²) in [5, 5.41) is 0.621. The van der Waals surface area contributed by atoms with Crippen LogP contribution in [0.15, 0.2) is 47.8 Å². The van der Waals surface area contributed by atoms with Crippen LogP contribution < -0.4 is 10.9 Å². The van der Waals surface area contributed by atoms with Crippen LogP contribution in [-0.2, 0) is 0 Å². The molecule has 1 heterocycles. The highest BCUT2D eigenvalue weighted by atomic mass is 35.5. The van der Waals surface area contributed by atoms with E-state index in [1.54, 1.807) is 24.3 Å². The Labute approximate surface area is 154 Å². The molecule has 0 spiro atoms. The van der Waals surface area contributed by atoms with Gasteiger partial charge in [-0.05, 0) is 61.4 Å². The first-order valence-corrected chi connectivity index (χ1v) is 9.31. The van der Waals surface area contributed by atoms with Gasteiger partial charge in [-0.2, -0.15) is 0 Å². The first-order valence-electron chi connectivity index (χ1n) is 8.93. The van der Waals surface area contributed by atoms with Crippen LogP contribution in [0.1, 0.15) is 49.9 Å². The van der Waals surface area contributed by atoms with Crippen LogP contribution in [0.2, 0.25) is 5.02 Å². The number of halogens is 1. The summed E-state index contributed by atoms with van der Waals surface area (Å²) in [4.78, 5) is 14.8. The fourth-order valence-corrected chi connectivity index (χ4v) is 3.60. The number of carbonyl (C=O) groups is 1. The van der Waals surface area contributed by atoms with Gasteiger partial charge in [-0.1, -0.05) is 31.5 Å². The molecule has 2 N–H and O–H groups in total. The fraction of sp³-hybridized carbons (Fsp3) is 0.450. The molecule has 4 nitrogen and oxygen atoms in total. The maximum atomic E-state index is 12.3. The summed E-state index contributed by atoms with van der Waals surface area (Å²) in [5.41, 5.74) is 8.81. The van der Waals surface area contributed by atoms with Crippen molar-refractivity contribution in [1.29, 1.82) is 0 Å². The van der Waals surface area contributed by atoms with Crippen molar-refractivity contribution in [3.8, 4) is 0 Å². The molecule has 0 atom stereocenters. The van der Waals surface area contributed by atoms with Crippen LogP contribution in [0, 0.1) is 5.41 Å². The Morgan fingerprint density at radius 1 is 1.12 bits per heavy atom. The van der Waals surface area contributed by atoms with Gasteiger partial charge in [0.15, 0.2) is 0 Å². The van der Waals surface area contributed by atoms with E-state index in [-0.39, 0.29) is 11.3 Å². The van der Waals surface area contributed by atoms with Gasteiger partial charge in [0.25, 0.3) is 5.91 Å². The monoisotopic (exact) mass is 359 g/mol. The number of hydrogen-bond acceptors (Lipinski definition) is 3. The van der Waals surface area contributed by atoms with Crippen molar-refractivity contribution in [3.05, 3.63) is 58.4 Å². The molecule has 1 aliphatic heterocycles. The molecule has 5 heteroatoms. The van der Waals surface area contributed by atoms with Crippen LogP contribution in [0.25, 0.3) is 0 Å². The molecule has 25 heavy (non-hydrogen) atoms. The molecule has 1 amide bonds. The molecular weight excluding hydrogens is 334 g/mol. The predicted octanol–water partition coefficient (Wildman–Crippen LogP) is 4.26. The Kier molecular flexibility index (Phi) is 5.38. The summed E-state index contributed by atoms with van der Waals surface area (Å²) in [6, 6.07) is 6.86. The van der Waals surface area contributed by atoms with Crippen LogP contribution in [0.3, 0.4) is 0 Å². The minimum Gasteiger partial charge on any atom is -0.375 e. The lowest BCUT2D eigenvalue weighted by Gasteiger charge is -2.37. The highest BCUT2D eigenvalue weighted by Gasteiger charge is 2.26. The van der Waals surface area contributed by atoms with Crippen LogP contribution in [0.4, 0.5) is 0 Å². The minimum atomic E-state index is -0.172. The van der Waals surface area contributed by atoms with Gasteiger partial charge in [-0.3, -0.25) is 15.6 Å². The number of nitrogens with zero attached hydrogens (tertiary/aromatic N) is 1. The third kappa shape index (κ3) is 4.79. The third-order valence-electron chi connectivity index (χ3n) is 4.69. The van der Waals surface area contributed by atoms with Gasteiger partial charge in [0.2, 0.25) is 0 Å². The third-order valence-corrected chi connectivity index (χ3v) is 4.95. The Balaban J connectivity index is 1.67. The maximum absolute atomic E-state index is 12.3. The molecule has 0 radical (unpaired) electrons. The van der Waals surface area contributed by atoms with E-state index in [0.717, 1.165) is 25.2 Å². The smallest absolute Gasteiger partial charge is 0.269 e. The molecule has 3 rings (SSSR count). The Morgan fingerprint density at radius 2 is 1.80 bits per heavy atom. The number of allylic oxidation sites excluding steroid dienone is 3. The lowest BCUT2D eigenvalue weighted by molar-refractivity contribution is 0.0939. The lowest BCUT2D eigenvalue weighted by atomic mass is 9.82. The van der Waals surface area contributed by atoms with Crippen LogP contribution in [-0.4, -0.2) is 23.9 Å². The van der Waals surface area contributed by atoms with Gasteiger partial charge in [0.05, 0.1) is 5.70 Å². The maximum Gasteiger partial charge on any atom is 0.269 e. The van der Waals surface area contributed by atoms with Gasteiger partial charge in [-0.25, -0.2) is 0 Å². The molecule has 2 aliphatic rings. The molecule has 1 saturated heterocycles. The van der Waals surface area contributed by atoms with Gasteiger partial charge in [0.1, 0.15) is 0 Å². The molecule has 1 aliphatic carbocycles. The lowest BCUT2D eigenvalue weighted by Crippen LogP contribution is -2.39. The molecule has 0 aromatic heterocycles. The Hall–Kier alpha value is -1.94. The van der Waals surface area contributed by atoms with E-state index in [1.165, 1.54) is 25.0 Å². The second kappa shape index (κ2) is 7.52. The van der Waals surface area contributed by atoms with Gasteiger partial charge in [0, 0.05) is 29.4 Å². The minimum absolute atomic E-state index is 0.0643. The summed E-state index contributed by atoms with van der Waals surface area (Å²) < 4.78 is 0. The van der Waals surface area contributed by atoms with Crippen molar-refractivity contribution in [3.63, 3.8) is 0 Å². The molecule has 134 valence electrons. The average Bonchev–Trinajstić information content (AvgIpc) is 2.60. The zero-order valence-electron chi connectivity index (χ0n) is 14.9. The quantitative estimate of drug-likeness (QED) is 0.789. The number of hydrogen-bond donors (Lipinski definition) is 2. The summed E-state index contributed by atoms with van der Waals surface area (Å²) in [5.74, 6) is -0.172. The average molecular weight is 360 g/mol. The van der Waals surface area contributed by atoms with E-state index < -0.39 is 0 Å². The topological polar surface area (TPSA) is 44.4 Å². The second-order valence-electron chi connectivity index (χ2n) is 7.53.